The van der Waals surface area contributed by atoms with Gasteiger partial charge in [0.1, 0.15) is 18.9 Å². The molecule has 0 N–H and O–H groups in total. The van der Waals surface area contributed by atoms with Gasteiger partial charge in [0.15, 0.2) is 0 Å². The van der Waals surface area contributed by atoms with Crippen molar-refractivity contribution in [2.75, 3.05) is 0 Å². The van der Waals surface area contributed by atoms with E-state index in [9.17, 15) is 0 Å². The monoisotopic (exact) mass is 664 g/mol. The number of imidazole rings is 1. The van der Waals surface area contributed by atoms with Crippen molar-refractivity contribution in [2.45, 2.75) is 239 Å². The molecule has 0 spiro atoms. The van der Waals surface area contributed by atoms with Gasteiger partial charge in [-0.25, -0.2) is 9.13 Å². The molecule has 0 fully saturated rings. The summed E-state index contributed by atoms with van der Waals surface area (Å²) in [6.45, 7) is 6.81. The number of benzene rings is 1. The molecule has 0 aliphatic heterocycles. The smallest absolute Gasteiger partial charge is 0.234 e. The summed E-state index contributed by atoms with van der Waals surface area (Å²) < 4.78 is 5.13. The standard InChI is InChI=1S/C46H83N2/c1-3-5-7-9-11-13-15-17-19-20-22-24-26-28-30-32-37-41-47-42-43-48(44-45-38-34-33-35-39-45)46(47)40-36-31-29-27-25-23-21-18-16-14-12-10-8-6-4-2/h33-35,38-39,42-43H,3-32,36-37,40-41,44H2,1-2H3/q+1. The lowest BCUT2D eigenvalue weighted by Crippen LogP contribution is -2.37. The van der Waals surface area contributed by atoms with Crippen molar-refractivity contribution < 1.29 is 4.57 Å². The summed E-state index contributed by atoms with van der Waals surface area (Å²) in [5.41, 5.74) is 1.41. The molecule has 1 aromatic heterocycles. The minimum absolute atomic E-state index is 1.00. The van der Waals surface area contributed by atoms with Crippen molar-refractivity contribution in [1.29, 1.82) is 0 Å². The molecule has 0 amide bonds. The molecule has 276 valence electrons. The van der Waals surface area contributed by atoms with Crippen LogP contribution >= 0.6 is 0 Å². The quantitative estimate of drug-likeness (QED) is 0.0507. The van der Waals surface area contributed by atoms with Crippen LogP contribution in [-0.4, -0.2) is 4.57 Å². The molecule has 0 unspecified atom stereocenters. The maximum atomic E-state index is 2.60. The molecule has 0 aliphatic carbocycles. The molecular formula is C46H83N2+. The van der Waals surface area contributed by atoms with Crippen molar-refractivity contribution in [3.63, 3.8) is 0 Å². The summed E-state index contributed by atoms with van der Waals surface area (Å²) in [5, 5.41) is 0. The summed E-state index contributed by atoms with van der Waals surface area (Å²) >= 11 is 0. The van der Waals surface area contributed by atoms with E-state index >= 15 is 0 Å². The second-order valence-corrected chi connectivity index (χ2v) is 15.4. The van der Waals surface area contributed by atoms with Gasteiger partial charge in [0.05, 0.1) is 6.54 Å². The largest absolute Gasteiger partial charge is 0.256 e. The first-order chi connectivity index (χ1) is 23.8. The normalized spacial score (nSPS) is 11.5. The number of hydrogen-bond donors (Lipinski definition) is 0. The average Bonchev–Trinajstić information content (AvgIpc) is 3.48. The van der Waals surface area contributed by atoms with Crippen molar-refractivity contribution in [3.05, 3.63) is 54.1 Å². The molecule has 2 heteroatoms. The summed E-state index contributed by atoms with van der Waals surface area (Å²) in [6, 6.07) is 11.0. The minimum Gasteiger partial charge on any atom is -0.234 e. The number of nitrogens with zero attached hydrogens (tertiary/aromatic N) is 2. The average molecular weight is 664 g/mol. The van der Waals surface area contributed by atoms with Gasteiger partial charge in [0.25, 0.3) is 5.82 Å². The Hall–Kier alpha value is -1.57. The van der Waals surface area contributed by atoms with E-state index in [4.69, 9.17) is 0 Å². The third-order valence-electron chi connectivity index (χ3n) is 10.8. The lowest BCUT2D eigenvalue weighted by Gasteiger charge is -2.07. The minimum atomic E-state index is 1.00. The zero-order chi connectivity index (χ0) is 34.0. The van der Waals surface area contributed by atoms with Crippen LogP contribution in [-0.2, 0) is 19.5 Å². The van der Waals surface area contributed by atoms with Crippen LogP contribution in [0.4, 0.5) is 0 Å². The summed E-state index contributed by atoms with van der Waals surface area (Å²) in [7, 11) is 0. The SMILES string of the molecule is CCCCCCCCCCCCCCCCCCC[n+]1ccn(Cc2ccccc2)c1CCCCCCCCCCCCCCCCC. The van der Waals surface area contributed by atoms with Crippen molar-refractivity contribution in [2.24, 2.45) is 0 Å². The highest BCUT2D eigenvalue weighted by Gasteiger charge is 2.17. The molecule has 0 saturated carbocycles. The maximum absolute atomic E-state index is 2.60. The third-order valence-corrected chi connectivity index (χ3v) is 10.8. The molecule has 0 aliphatic rings. The first-order valence-corrected chi connectivity index (χ1v) is 22.0. The highest BCUT2D eigenvalue weighted by Crippen LogP contribution is 2.16. The van der Waals surface area contributed by atoms with Crippen molar-refractivity contribution >= 4 is 0 Å². The molecule has 1 heterocycles. The first kappa shape index (κ1) is 42.6. The molecule has 2 rings (SSSR count). The molecule has 1 aromatic carbocycles. The van der Waals surface area contributed by atoms with Gasteiger partial charge in [0, 0.05) is 6.42 Å². The van der Waals surface area contributed by atoms with Crippen LogP contribution in [0.2, 0.25) is 0 Å². The van der Waals surface area contributed by atoms with E-state index in [0.717, 1.165) is 6.54 Å². The van der Waals surface area contributed by atoms with E-state index < -0.39 is 0 Å². The van der Waals surface area contributed by atoms with Gasteiger partial charge < -0.3 is 0 Å². The Morgan fingerprint density at radius 2 is 0.771 bits per heavy atom. The second-order valence-electron chi connectivity index (χ2n) is 15.4. The lowest BCUT2D eigenvalue weighted by atomic mass is 10.0. The van der Waals surface area contributed by atoms with Crippen LogP contribution in [0, 0.1) is 0 Å². The topological polar surface area (TPSA) is 8.81 Å². The van der Waals surface area contributed by atoms with Crippen LogP contribution in [0.1, 0.15) is 231 Å². The molecule has 0 bridgehead atoms. The van der Waals surface area contributed by atoms with E-state index in [2.05, 4.69) is 65.7 Å². The number of aryl methyl sites for hydroxylation is 1. The zero-order valence-corrected chi connectivity index (χ0v) is 32.7. The Kier molecular flexibility index (Phi) is 29.0. The lowest BCUT2D eigenvalue weighted by molar-refractivity contribution is -0.704. The number of aromatic nitrogens is 2. The fourth-order valence-electron chi connectivity index (χ4n) is 7.57. The second kappa shape index (κ2) is 32.6. The summed E-state index contributed by atoms with van der Waals surface area (Å²) in [4.78, 5) is 0. The van der Waals surface area contributed by atoms with Gasteiger partial charge in [0.2, 0.25) is 0 Å². The highest BCUT2D eigenvalue weighted by molar-refractivity contribution is 5.15. The predicted octanol–water partition coefficient (Wildman–Crippen LogP) is 14.9. The van der Waals surface area contributed by atoms with Crippen LogP contribution in [0.3, 0.4) is 0 Å². The van der Waals surface area contributed by atoms with Crippen LogP contribution in [0.15, 0.2) is 42.7 Å². The maximum Gasteiger partial charge on any atom is 0.256 e. The Morgan fingerprint density at radius 1 is 0.417 bits per heavy atom. The van der Waals surface area contributed by atoms with Gasteiger partial charge in [-0.05, 0) is 24.8 Å². The van der Waals surface area contributed by atoms with Gasteiger partial charge >= 0.3 is 0 Å². The molecular weight excluding hydrogens is 581 g/mol. The van der Waals surface area contributed by atoms with E-state index in [1.165, 1.54) is 224 Å². The van der Waals surface area contributed by atoms with Crippen molar-refractivity contribution in [3.8, 4) is 0 Å². The molecule has 48 heavy (non-hydrogen) atoms. The van der Waals surface area contributed by atoms with E-state index in [0.29, 0.717) is 0 Å². The van der Waals surface area contributed by atoms with Crippen LogP contribution in [0.25, 0.3) is 0 Å². The van der Waals surface area contributed by atoms with Crippen LogP contribution in [0.5, 0.6) is 0 Å². The molecule has 0 atom stereocenters. The van der Waals surface area contributed by atoms with E-state index in [1.54, 1.807) is 5.82 Å². The molecule has 2 nitrogen and oxygen atoms in total. The van der Waals surface area contributed by atoms with Gasteiger partial charge in [-0.3, -0.25) is 0 Å². The Labute approximate surface area is 301 Å². The number of hydrogen-bond acceptors (Lipinski definition) is 0. The number of unbranched alkanes of at least 4 members (excludes halogenated alkanes) is 30. The van der Waals surface area contributed by atoms with E-state index in [-0.39, 0.29) is 0 Å². The van der Waals surface area contributed by atoms with Crippen molar-refractivity contribution in [1.82, 2.24) is 4.57 Å². The van der Waals surface area contributed by atoms with E-state index in [1.807, 2.05) is 0 Å². The van der Waals surface area contributed by atoms with Gasteiger partial charge in [-0.1, -0.05) is 230 Å². The summed E-state index contributed by atoms with van der Waals surface area (Å²) in [5.74, 6) is 1.55. The molecule has 2 aromatic rings. The summed E-state index contributed by atoms with van der Waals surface area (Å²) in [6.07, 6.45) is 51.9. The van der Waals surface area contributed by atoms with Gasteiger partial charge in [-0.15, -0.1) is 0 Å². The third kappa shape index (κ3) is 23.7. The molecule has 0 radical (unpaired) electrons. The van der Waals surface area contributed by atoms with Crippen LogP contribution < -0.4 is 4.57 Å². The Morgan fingerprint density at radius 3 is 1.17 bits per heavy atom. The highest BCUT2D eigenvalue weighted by atomic mass is 15.1. The first-order valence-electron chi connectivity index (χ1n) is 22.0. The predicted molar refractivity (Wildman–Crippen MR) is 213 cm³/mol. The fourth-order valence-corrected chi connectivity index (χ4v) is 7.57. The Balaban J connectivity index is 1.53. The number of rotatable bonds is 36. The zero-order valence-electron chi connectivity index (χ0n) is 32.7. The molecule has 0 saturated heterocycles. The Bertz CT molecular complexity index is 915. The fraction of sp³-hybridized carbons (Fsp3) is 0.804. The van der Waals surface area contributed by atoms with Gasteiger partial charge in [-0.2, -0.15) is 0 Å².